The van der Waals surface area contributed by atoms with Crippen LogP contribution in [0.4, 0.5) is 0 Å². The van der Waals surface area contributed by atoms with Crippen LogP contribution in [-0.2, 0) is 20.9 Å². The van der Waals surface area contributed by atoms with Crippen molar-refractivity contribution in [3.63, 3.8) is 0 Å². The summed E-state index contributed by atoms with van der Waals surface area (Å²) in [6.45, 7) is 4.30. The van der Waals surface area contributed by atoms with Crippen molar-refractivity contribution in [1.82, 2.24) is 5.32 Å². The fraction of sp³-hybridized carbons (Fsp3) is 0.333. The molecule has 0 unspecified atom stereocenters. The van der Waals surface area contributed by atoms with Crippen LogP contribution in [0.3, 0.4) is 0 Å². The van der Waals surface area contributed by atoms with Gasteiger partial charge in [-0.25, -0.2) is 4.79 Å². The zero-order valence-electron chi connectivity index (χ0n) is 17.4. The number of fused-ring (bicyclic) bond motifs is 1. The minimum absolute atomic E-state index is 0.0746. The minimum Gasteiger partial charge on any atom is -0.450 e. The van der Waals surface area contributed by atoms with Gasteiger partial charge in [-0.15, -0.1) is 0 Å². The lowest BCUT2D eigenvalue weighted by molar-refractivity contribution is -0.125. The summed E-state index contributed by atoms with van der Waals surface area (Å²) in [5.41, 5.74) is 2.23. The highest BCUT2D eigenvalue weighted by atomic mass is 16.5. The maximum Gasteiger partial charge on any atom is 0.375 e. The lowest BCUT2D eigenvalue weighted by Crippen LogP contribution is -2.32. The van der Waals surface area contributed by atoms with Gasteiger partial charge >= 0.3 is 5.97 Å². The summed E-state index contributed by atoms with van der Waals surface area (Å²) in [5.74, 6) is -0.957. The van der Waals surface area contributed by atoms with Gasteiger partial charge in [0.25, 0.3) is 5.91 Å². The van der Waals surface area contributed by atoms with Crippen LogP contribution >= 0.6 is 0 Å². The summed E-state index contributed by atoms with van der Waals surface area (Å²) in [5, 5.41) is 3.75. The van der Waals surface area contributed by atoms with E-state index >= 15 is 0 Å². The zero-order valence-corrected chi connectivity index (χ0v) is 17.4. The lowest BCUT2D eigenvalue weighted by Gasteiger charge is -2.18. The number of rotatable bonds is 10. The number of benzene rings is 2. The maximum absolute atomic E-state index is 12.6. The van der Waals surface area contributed by atoms with Gasteiger partial charge in [-0.05, 0) is 25.0 Å². The van der Waals surface area contributed by atoms with Gasteiger partial charge in [-0.3, -0.25) is 4.79 Å². The van der Waals surface area contributed by atoms with Gasteiger partial charge in [0.2, 0.25) is 5.76 Å². The smallest absolute Gasteiger partial charge is 0.375 e. The third-order valence-electron chi connectivity index (χ3n) is 4.78. The van der Waals surface area contributed by atoms with E-state index in [-0.39, 0.29) is 30.9 Å². The van der Waals surface area contributed by atoms with Crippen LogP contribution in [0.25, 0.3) is 11.0 Å². The monoisotopic (exact) mass is 409 g/mol. The van der Waals surface area contributed by atoms with E-state index in [1.54, 1.807) is 6.07 Å². The van der Waals surface area contributed by atoms with E-state index in [9.17, 15) is 9.59 Å². The van der Waals surface area contributed by atoms with Gasteiger partial charge < -0.3 is 19.2 Å². The van der Waals surface area contributed by atoms with Crippen molar-refractivity contribution in [2.45, 2.75) is 39.3 Å². The molecular formula is C24H27NO5. The van der Waals surface area contributed by atoms with Crippen molar-refractivity contribution in [3.05, 3.63) is 71.5 Å². The molecule has 3 aromatic rings. The highest BCUT2D eigenvalue weighted by Crippen LogP contribution is 2.27. The summed E-state index contributed by atoms with van der Waals surface area (Å²) < 4.78 is 16.4. The van der Waals surface area contributed by atoms with Crippen LogP contribution < -0.4 is 5.32 Å². The molecule has 1 aromatic heterocycles. The molecule has 1 atom stereocenters. The van der Waals surface area contributed by atoms with Crippen molar-refractivity contribution in [1.29, 1.82) is 0 Å². The van der Waals surface area contributed by atoms with E-state index in [0.717, 1.165) is 23.8 Å². The number of carbonyl (C=O) groups excluding carboxylic acids is 2. The third-order valence-corrected chi connectivity index (χ3v) is 4.78. The van der Waals surface area contributed by atoms with Crippen LogP contribution in [0.2, 0.25) is 0 Å². The summed E-state index contributed by atoms with van der Waals surface area (Å²) >= 11 is 0. The van der Waals surface area contributed by atoms with Crippen molar-refractivity contribution in [2.24, 2.45) is 0 Å². The number of para-hydroxylation sites is 1. The van der Waals surface area contributed by atoms with Gasteiger partial charge in [-0.1, -0.05) is 61.9 Å². The molecule has 30 heavy (non-hydrogen) atoms. The summed E-state index contributed by atoms with van der Waals surface area (Å²) in [6, 6.07) is 17.0. The molecule has 1 amide bonds. The normalized spacial score (nSPS) is 11.9. The molecule has 0 aliphatic heterocycles. The molecule has 3 rings (SSSR count). The molecule has 1 heterocycles. The summed E-state index contributed by atoms with van der Waals surface area (Å²) in [4.78, 5) is 25.1. The number of hydrogen-bond donors (Lipinski definition) is 1. The number of esters is 1. The molecule has 2 aromatic carbocycles. The van der Waals surface area contributed by atoms with Crippen molar-refractivity contribution < 1.29 is 23.5 Å². The molecule has 0 aliphatic carbocycles. The Balaban J connectivity index is 1.67. The van der Waals surface area contributed by atoms with Gasteiger partial charge in [0.05, 0.1) is 12.6 Å². The van der Waals surface area contributed by atoms with Crippen LogP contribution in [0.15, 0.2) is 59.0 Å². The summed E-state index contributed by atoms with van der Waals surface area (Å²) in [6.07, 6.45) is 1.71. The minimum atomic E-state index is -0.678. The zero-order chi connectivity index (χ0) is 21.3. The van der Waals surface area contributed by atoms with Crippen LogP contribution in [0.1, 0.15) is 54.4 Å². The van der Waals surface area contributed by atoms with E-state index in [1.165, 1.54) is 0 Å². The second-order valence-electron chi connectivity index (χ2n) is 6.94. The molecule has 0 bridgehead atoms. The molecule has 0 saturated carbocycles. The van der Waals surface area contributed by atoms with E-state index < -0.39 is 5.97 Å². The van der Waals surface area contributed by atoms with Crippen molar-refractivity contribution in [2.75, 3.05) is 13.2 Å². The number of amides is 1. The van der Waals surface area contributed by atoms with Crippen LogP contribution in [0.5, 0.6) is 0 Å². The third kappa shape index (κ3) is 5.27. The lowest BCUT2D eigenvalue weighted by atomic mass is 10.0. The standard InChI is InChI=1S/C24H27NO5/c1-3-10-20(17-11-6-5-7-12-17)25-22(26)16-29-24(27)23-19(15-28-4-2)18-13-8-9-14-21(18)30-23/h5-9,11-14,20H,3-4,10,15-16H2,1-2H3,(H,25,26)/t20-/m0/s1. The number of hydrogen-bond acceptors (Lipinski definition) is 5. The average molecular weight is 409 g/mol. The number of nitrogens with one attached hydrogen (secondary N) is 1. The first-order valence-corrected chi connectivity index (χ1v) is 10.2. The predicted octanol–water partition coefficient (Wildman–Crippen LogP) is 4.78. The molecule has 6 nitrogen and oxygen atoms in total. The molecule has 0 aliphatic rings. The summed E-state index contributed by atoms with van der Waals surface area (Å²) in [7, 11) is 0. The topological polar surface area (TPSA) is 77.8 Å². The fourth-order valence-electron chi connectivity index (χ4n) is 3.34. The van der Waals surface area contributed by atoms with Gasteiger partial charge in [0.1, 0.15) is 5.58 Å². The van der Waals surface area contributed by atoms with Crippen LogP contribution in [-0.4, -0.2) is 25.1 Å². The quantitative estimate of drug-likeness (QED) is 0.488. The van der Waals surface area contributed by atoms with E-state index in [2.05, 4.69) is 12.2 Å². The molecule has 0 fully saturated rings. The van der Waals surface area contributed by atoms with E-state index in [4.69, 9.17) is 13.9 Å². The Kier molecular flexibility index (Phi) is 7.63. The van der Waals surface area contributed by atoms with Gasteiger partial charge in [-0.2, -0.15) is 0 Å². The van der Waals surface area contributed by atoms with Crippen molar-refractivity contribution in [3.8, 4) is 0 Å². The Bertz CT molecular complexity index is 980. The van der Waals surface area contributed by atoms with Crippen molar-refractivity contribution >= 4 is 22.8 Å². The number of furan rings is 1. The first kappa shape index (κ1) is 21.6. The maximum atomic E-state index is 12.6. The molecule has 0 spiro atoms. The Morgan fingerprint density at radius 1 is 1.03 bits per heavy atom. The van der Waals surface area contributed by atoms with Gasteiger partial charge in [0.15, 0.2) is 6.61 Å². The number of carbonyl (C=O) groups is 2. The fourth-order valence-corrected chi connectivity index (χ4v) is 3.34. The first-order chi connectivity index (χ1) is 14.6. The highest BCUT2D eigenvalue weighted by Gasteiger charge is 2.23. The SMILES string of the molecule is CCC[C@H](NC(=O)COC(=O)c1oc2ccccc2c1COCC)c1ccccc1. The molecular weight excluding hydrogens is 382 g/mol. The molecule has 0 radical (unpaired) electrons. The second kappa shape index (κ2) is 10.6. The Morgan fingerprint density at radius 3 is 2.50 bits per heavy atom. The molecule has 158 valence electrons. The van der Waals surface area contributed by atoms with E-state index in [1.807, 2.05) is 55.5 Å². The highest BCUT2D eigenvalue weighted by molar-refractivity contribution is 5.96. The molecule has 6 heteroatoms. The van der Waals surface area contributed by atoms with E-state index in [0.29, 0.717) is 17.8 Å². The Morgan fingerprint density at radius 2 is 1.77 bits per heavy atom. The second-order valence-corrected chi connectivity index (χ2v) is 6.94. The first-order valence-electron chi connectivity index (χ1n) is 10.2. The molecule has 0 saturated heterocycles. The van der Waals surface area contributed by atoms with Gasteiger partial charge in [0, 0.05) is 17.6 Å². The Labute approximate surface area is 176 Å². The van der Waals surface area contributed by atoms with Crippen LogP contribution in [0, 0.1) is 0 Å². The largest absolute Gasteiger partial charge is 0.450 e. The predicted molar refractivity (Wildman–Crippen MR) is 114 cm³/mol. The Hall–Kier alpha value is -3.12. The molecule has 1 N–H and O–H groups in total. The number of ether oxygens (including phenoxy) is 2. The average Bonchev–Trinajstić information content (AvgIpc) is 3.15.